The molecular formula is C26H21F2N5S. The highest BCUT2D eigenvalue weighted by atomic mass is 32.1. The van der Waals surface area contributed by atoms with Gasteiger partial charge in [-0.05, 0) is 35.7 Å². The highest BCUT2D eigenvalue weighted by molar-refractivity contribution is 7.18. The molecule has 1 atom stereocenters. The van der Waals surface area contributed by atoms with Crippen LogP contribution in [0.3, 0.4) is 0 Å². The maximum Gasteiger partial charge on any atom is 0.165 e. The van der Waals surface area contributed by atoms with Crippen LogP contribution in [0.5, 0.6) is 0 Å². The Balaban J connectivity index is 1.53. The molecule has 0 fully saturated rings. The standard InChI is InChI=1S/C26H21F2N5S/c27-18-8-6-17(7-9-18)21-15-34-24-23(21)32-25(20-10-11-30-14-22(20)28)33-26(24)31-13-19(29)12-16-4-2-1-3-5-16/h1-11,14-15,19H,12-13,29H2,(H,31,32,33)/t19-/m0/s1. The first kappa shape index (κ1) is 22.1. The number of hydrogen-bond acceptors (Lipinski definition) is 6. The minimum Gasteiger partial charge on any atom is -0.367 e. The van der Waals surface area contributed by atoms with Crippen molar-refractivity contribution >= 4 is 27.4 Å². The van der Waals surface area contributed by atoms with Crippen molar-refractivity contribution in [1.29, 1.82) is 0 Å². The largest absolute Gasteiger partial charge is 0.367 e. The zero-order valence-corrected chi connectivity index (χ0v) is 18.9. The van der Waals surface area contributed by atoms with Crippen molar-refractivity contribution in [2.24, 2.45) is 5.73 Å². The summed E-state index contributed by atoms with van der Waals surface area (Å²) < 4.78 is 28.8. The number of thiophene rings is 1. The van der Waals surface area contributed by atoms with Crippen LogP contribution in [-0.2, 0) is 6.42 Å². The number of rotatable bonds is 7. The Hall–Kier alpha value is -3.75. The second-order valence-electron chi connectivity index (χ2n) is 7.92. The van der Waals surface area contributed by atoms with E-state index >= 15 is 0 Å². The van der Waals surface area contributed by atoms with Gasteiger partial charge in [0.1, 0.15) is 11.6 Å². The third kappa shape index (κ3) is 4.64. The summed E-state index contributed by atoms with van der Waals surface area (Å²) in [6, 6.07) is 17.7. The molecule has 0 aliphatic rings. The molecule has 0 amide bonds. The molecule has 5 nitrogen and oxygen atoms in total. The van der Waals surface area contributed by atoms with E-state index in [4.69, 9.17) is 5.73 Å². The van der Waals surface area contributed by atoms with E-state index in [1.54, 1.807) is 18.2 Å². The van der Waals surface area contributed by atoms with Gasteiger partial charge in [-0.1, -0.05) is 42.5 Å². The molecular weight excluding hydrogens is 452 g/mol. The number of anilines is 1. The number of aromatic nitrogens is 3. The van der Waals surface area contributed by atoms with Crippen LogP contribution in [0.25, 0.3) is 32.7 Å². The van der Waals surface area contributed by atoms with E-state index in [1.807, 2.05) is 35.7 Å². The minimum atomic E-state index is -0.507. The quantitative estimate of drug-likeness (QED) is 0.318. The van der Waals surface area contributed by atoms with Gasteiger partial charge < -0.3 is 11.1 Å². The zero-order chi connectivity index (χ0) is 23.5. The summed E-state index contributed by atoms with van der Waals surface area (Å²) in [5.74, 6) is 0.00531. The van der Waals surface area contributed by atoms with Crippen LogP contribution in [-0.4, -0.2) is 27.5 Å². The summed E-state index contributed by atoms with van der Waals surface area (Å²) in [6.45, 7) is 0.475. The number of hydrogen-bond donors (Lipinski definition) is 2. The maximum atomic E-state index is 14.5. The molecule has 3 N–H and O–H groups in total. The summed E-state index contributed by atoms with van der Waals surface area (Å²) >= 11 is 1.48. The lowest BCUT2D eigenvalue weighted by Gasteiger charge is -2.15. The van der Waals surface area contributed by atoms with E-state index in [9.17, 15) is 8.78 Å². The fourth-order valence-corrected chi connectivity index (χ4v) is 4.75. The molecule has 3 heterocycles. The van der Waals surface area contributed by atoms with Gasteiger partial charge >= 0.3 is 0 Å². The van der Waals surface area contributed by atoms with Crippen LogP contribution in [0.4, 0.5) is 14.6 Å². The Morgan fingerprint density at radius 1 is 0.941 bits per heavy atom. The van der Waals surface area contributed by atoms with Crippen molar-refractivity contribution in [3.63, 3.8) is 0 Å². The average Bonchev–Trinajstić information content (AvgIpc) is 3.28. The van der Waals surface area contributed by atoms with Gasteiger partial charge in [-0.25, -0.2) is 18.7 Å². The smallest absolute Gasteiger partial charge is 0.165 e. The van der Waals surface area contributed by atoms with Gasteiger partial charge in [-0.15, -0.1) is 11.3 Å². The molecule has 0 aliphatic carbocycles. The normalized spacial score (nSPS) is 12.1. The van der Waals surface area contributed by atoms with Crippen LogP contribution >= 0.6 is 11.3 Å². The minimum absolute atomic E-state index is 0.148. The molecule has 2 aromatic carbocycles. The molecule has 0 unspecified atom stereocenters. The summed E-state index contributed by atoms with van der Waals surface area (Å²) in [5, 5.41) is 5.30. The van der Waals surface area contributed by atoms with Crippen molar-refractivity contribution in [3.8, 4) is 22.5 Å². The van der Waals surface area contributed by atoms with Gasteiger partial charge in [-0.3, -0.25) is 4.98 Å². The molecule has 3 aromatic heterocycles. The lowest BCUT2D eigenvalue weighted by atomic mass is 10.1. The first-order valence-corrected chi connectivity index (χ1v) is 11.6. The summed E-state index contributed by atoms with van der Waals surface area (Å²) in [6.07, 6.45) is 3.35. The topological polar surface area (TPSA) is 76.7 Å². The van der Waals surface area contributed by atoms with Gasteiger partial charge in [0.25, 0.3) is 0 Å². The number of fused-ring (bicyclic) bond motifs is 1. The van der Waals surface area contributed by atoms with Crippen LogP contribution in [0.2, 0.25) is 0 Å². The highest BCUT2D eigenvalue weighted by Crippen LogP contribution is 2.37. The predicted octanol–water partition coefficient (Wildman–Crippen LogP) is 5.68. The van der Waals surface area contributed by atoms with Gasteiger partial charge in [0.15, 0.2) is 11.6 Å². The van der Waals surface area contributed by atoms with E-state index in [2.05, 4.69) is 20.3 Å². The van der Waals surface area contributed by atoms with Gasteiger partial charge in [-0.2, -0.15) is 0 Å². The molecule has 170 valence electrons. The Kier molecular flexibility index (Phi) is 6.24. The Labute approximate surface area is 199 Å². The second-order valence-corrected chi connectivity index (χ2v) is 8.80. The molecule has 0 bridgehead atoms. The van der Waals surface area contributed by atoms with Crippen LogP contribution in [0.1, 0.15) is 5.56 Å². The molecule has 5 aromatic rings. The molecule has 0 spiro atoms. The van der Waals surface area contributed by atoms with Crippen molar-refractivity contribution in [1.82, 2.24) is 15.0 Å². The third-order valence-corrected chi connectivity index (χ3v) is 6.43. The van der Waals surface area contributed by atoms with E-state index in [-0.39, 0.29) is 23.2 Å². The third-order valence-electron chi connectivity index (χ3n) is 5.46. The van der Waals surface area contributed by atoms with Crippen molar-refractivity contribution in [2.45, 2.75) is 12.5 Å². The first-order valence-electron chi connectivity index (χ1n) is 10.8. The first-order chi connectivity index (χ1) is 16.6. The average molecular weight is 474 g/mol. The lowest BCUT2D eigenvalue weighted by molar-refractivity contribution is 0.623. The summed E-state index contributed by atoms with van der Waals surface area (Å²) in [7, 11) is 0. The van der Waals surface area contributed by atoms with Gasteiger partial charge in [0.2, 0.25) is 0 Å². The van der Waals surface area contributed by atoms with E-state index in [0.717, 1.165) is 27.6 Å². The zero-order valence-electron chi connectivity index (χ0n) is 18.1. The van der Waals surface area contributed by atoms with Gasteiger partial charge in [0.05, 0.1) is 22.0 Å². The second kappa shape index (κ2) is 9.62. The van der Waals surface area contributed by atoms with E-state index in [1.165, 1.54) is 29.7 Å². The van der Waals surface area contributed by atoms with Crippen LogP contribution in [0.15, 0.2) is 78.4 Å². The molecule has 0 saturated carbocycles. The Bertz CT molecular complexity index is 1420. The lowest BCUT2D eigenvalue weighted by Crippen LogP contribution is -2.31. The number of nitrogens with two attached hydrogens (primary N) is 1. The number of nitrogens with one attached hydrogen (secondary N) is 1. The SMILES string of the molecule is N[C@H](CNc1nc(-c2ccncc2F)nc2c(-c3ccc(F)cc3)csc12)Cc1ccccc1. The molecule has 0 aliphatic heterocycles. The van der Waals surface area contributed by atoms with Crippen molar-refractivity contribution in [2.75, 3.05) is 11.9 Å². The molecule has 8 heteroatoms. The Morgan fingerprint density at radius 2 is 1.74 bits per heavy atom. The highest BCUT2D eigenvalue weighted by Gasteiger charge is 2.18. The van der Waals surface area contributed by atoms with Crippen molar-refractivity contribution in [3.05, 3.63) is 95.6 Å². The summed E-state index contributed by atoms with van der Waals surface area (Å²) in [4.78, 5) is 13.1. The fourth-order valence-electron chi connectivity index (χ4n) is 3.77. The fraction of sp³-hybridized carbons (Fsp3) is 0.115. The molecule has 0 radical (unpaired) electrons. The number of halogens is 2. The Morgan fingerprint density at radius 3 is 2.50 bits per heavy atom. The van der Waals surface area contributed by atoms with Crippen LogP contribution < -0.4 is 11.1 Å². The van der Waals surface area contributed by atoms with Gasteiger partial charge in [0, 0.05) is 29.7 Å². The predicted molar refractivity (Wildman–Crippen MR) is 133 cm³/mol. The number of benzene rings is 2. The number of nitrogens with zero attached hydrogens (tertiary/aromatic N) is 3. The molecule has 5 rings (SSSR count). The summed E-state index contributed by atoms with van der Waals surface area (Å²) in [5.41, 5.74) is 10.1. The number of pyridine rings is 1. The van der Waals surface area contributed by atoms with E-state index in [0.29, 0.717) is 24.3 Å². The van der Waals surface area contributed by atoms with Crippen LogP contribution in [0, 0.1) is 11.6 Å². The van der Waals surface area contributed by atoms with Crippen molar-refractivity contribution < 1.29 is 8.78 Å². The molecule has 0 saturated heterocycles. The molecule has 34 heavy (non-hydrogen) atoms. The maximum absolute atomic E-state index is 14.5. The monoisotopic (exact) mass is 473 g/mol. The van der Waals surface area contributed by atoms with E-state index < -0.39 is 5.82 Å².